The van der Waals surface area contributed by atoms with E-state index in [9.17, 15) is 4.79 Å². The topological polar surface area (TPSA) is 59.6 Å². The van der Waals surface area contributed by atoms with Crippen LogP contribution in [0.3, 0.4) is 0 Å². The molecule has 0 saturated heterocycles. The Labute approximate surface area is 115 Å². The van der Waals surface area contributed by atoms with Crippen LogP contribution in [0, 0.1) is 0 Å². The van der Waals surface area contributed by atoms with E-state index in [4.69, 9.17) is 9.47 Å². The second-order valence-corrected chi connectivity index (χ2v) is 5.43. The van der Waals surface area contributed by atoms with Crippen molar-refractivity contribution < 1.29 is 14.3 Å². The third kappa shape index (κ3) is 6.78. The summed E-state index contributed by atoms with van der Waals surface area (Å²) in [4.78, 5) is 11.2. The van der Waals surface area contributed by atoms with Crippen molar-refractivity contribution in [3.8, 4) is 0 Å². The van der Waals surface area contributed by atoms with E-state index in [1.807, 2.05) is 0 Å². The third-order valence-corrected chi connectivity index (χ3v) is 3.60. The van der Waals surface area contributed by atoms with Gasteiger partial charge < -0.3 is 20.1 Å². The first-order valence-corrected chi connectivity index (χ1v) is 7.60. The Morgan fingerprint density at radius 1 is 1.00 bits per heavy atom. The van der Waals surface area contributed by atoms with E-state index in [-0.39, 0.29) is 12.2 Å². The van der Waals surface area contributed by atoms with Gasteiger partial charge in [0.1, 0.15) is 6.10 Å². The summed E-state index contributed by atoms with van der Waals surface area (Å²) in [5, 5.41) is 6.21. The summed E-state index contributed by atoms with van der Waals surface area (Å²) >= 11 is 0. The number of amides is 1. The molecule has 1 amide bonds. The van der Waals surface area contributed by atoms with Crippen LogP contribution >= 0.6 is 0 Å². The zero-order valence-electron chi connectivity index (χ0n) is 11.7. The van der Waals surface area contributed by atoms with E-state index < -0.39 is 0 Å². The number of carbonyl (C=O) groups excluding carboxylic acids is 1. The Kier molecular flexibility index (Phi) is 6.44. The van der Waals surface area contributed by atoms with E-state index in [0.29, 0.717) is 25.8 Å². The molecule has 0 aromatic heterocycles. The van der Waals surface area contributed by atoms with Crippen LogP contribution in [0.4, 0.5) is 4.79 Å². The molecule has 0 bridgehead atoms. The monoisotopic (exact) mass is 270 g/mol. The second-order valence-electron chi connectivity index (χ2n) is 5.43. The van der Waals surface area contributed by atoms with Gasteiger partial charge in [0, 0.05) is 19.1 Å². The Balaban J connectivity index is 1.34. The minimum absolute atomic E-state index is 0.167. The molecule has 0 unspecified atom stereocenters. The molecule has 19 heavy (non-hydrogen) atoms. The van der Waals surface area contributed by atoms with Gasteiger partial charge >= 0.3 is 6.09 Å². The van der Waals surface area contributed by atoms with Crippen molar-refractivity contribution in [3.05, 3.63) is 0 Å². The van der Waals surface area contributed by atoms with Gasteiger partial charge in [0.2, 0.25) is 0 Å². The van der Waals surface area contributed by atoms with Crippen LogP contribution in [-0.4, -0.2) is 44.5 Å². The summed E-state index contributed by atoms with van der Waals surface area (Å²) in [5.41, 5.74) is 0. The molecule has 2 N–H and O–H groups in total. The first-order chi connectivity index (χ1) is 9.34. The summed E-state index contributed by atoms with van der Waals surface area (Å²) in [6.07, 6.45) is 8.57. The lowest BCUT2D eigenvalue weighted by molar-refractivity contribution is 0.118. The van der Waals surface area contributed by atoms with Crippen LogP contribution in [0.5, 0.6) is 0 Å². The number of hydrogen-bond acceptors (Lipinski definition) is 4. The van der Waals surface area contributed by atoms with Crippen LogP contribution in [0.1, 0.15) is 44.9 Å². The van der Waals surface area contributed by atoms with Gasteiger partial charge in [-0.1, -0.05) is 19.3 Å². The summed E-state index contributed by atoms with van der Waals surface area (Å²) < 4.78 is 10.5. The summed E-state index contributed by atoms with van der Waals surface area (Å²) in [5.74, 6) is 0. The van der Waals surface area contributed by atoms with E-state index in [1.54, 1.807) is 0 Å². The quantitative estimate of drug-likeness (QED) is 0.660. The smallest absolute Gasteiger partial charge is 0.407 e. The lowest BCUT2D eigenvalue weighted by Gasteiger charge is -2.22. The van der Waals surface area contributed by atoms with Crippen molar-refractivity contribution in [2.45, 2.75) is 57.1 Å². The number of alkyl carbamates (subject to hydrolysis) is 1. The number of hydrogen-bond donors (Lipinski definition) is 2. The Morgan fingerprint density at radius 3 is 2.47 bits per heavy atom. The molecular weight excluding hydrogens is 244 g/mol. The molecule has 2 saturated carbocycles. The van der Waals surface area contributed by atoms with Crippen molar-refractivity contribution in [2.24, 2.45) is 0 Å². The van der Waals surface area contributed by atoms with E-state index in [0.717, 1.165) is 19.4 Å². The molecule has 0 atom stereocenters. The Bertz CT molecular complexity index is 263. The van der Waals surface area contributed by atoms with Crippen LogP contribution in [0.2, 0.25) is 0 Å². The predicted octanol–water partition coefficient (Wildman–Crippen LogP) is 1.81. The van der Waals surface area contributed by atoms with Crippen molar-refractivity contribution in [1.82, 2.24) is 10.6 Å². The lowest BCUT2D eigenvalue weighted by atomic mass is 9.96. The first-order valence-electron chi connectivity index (χ1n) is 7.60. The molecule has 0 spiro atoms. The Hall–Kier alpha value is -0.810. The molecule has 0 radical (unpaired) electrons. The van der Waals surface area contributed by atoms with E-state index in [2.05, 4.69) is 10.6 Å². The lowest BCUT2D eigenvalue weighted by Crippen LogP contribution is -2.34. The molecule has 0 aliphatic heterocycles. The Morgan fingerprint density at radius 2 is 1.74 bits per heavy atom. The van der Waals surface area contributed by atoms with Gasteiger partial charge in [0.25, 0.3) is 0 Å². The first kappa shape index (κ1) is 14.6. The van der Waals surface area contributed by atoms with Gasteiger partial charge in [0.15, 0.2) is 0 Å². The highest BCUT2D eigenvalue weighted by molar-refractivity contribution is 5.67. The number of rotatable bonds is 8. The van der Waals surface area contributed by atoms with Crippen molar-refractivity contribution in [2.75, 3.05) is 26.3 Å². The number of carbonyl (C=O) groups is 1. The molecule has 2 aliphatic rings. The predicted molar refractivity (Wildman–Crippen MR) is 73.2 cm³/mol. The van der Waals surface area contributed by atoms with E-state index in [1.165, 1.54) is 32.1 Å². The zero-order valence-corrected chi connectivity index (χ0v) is 11.7. The second kappa shape index (κ2) is 8.38. The van der Waals surface area contributed by atoms with Crippen molar-refractivity contribution >= 4 is 6.09 Å². The minimum Gasteiger partial charge on any atom is -0.446 e. The maximum atomic E-state index is 11.2. The fraction of sp³-hybridized carbons (Fsp3) is 0.929. The zero-order chi connectivity index (χ0) is 13.3. The summed E-state index contributed by atoms with van der Waals surface area (Å²) in [6.45, 7) is 2.67. The maximum absolute atomic E-state index is 11.2. The molecule has 5 nitrogen and oxygen atoms in total. The van der Waals surface area contributed by atoms with Gasteiger partial charge in [0.05, 0.1) is 13.2 Å². The summed E-state index contributed by atoms with van der Waals surface area (Å²) in [7, 11) is 0. The highest BCUT2D eigenvalue weighted by atomic mass is 16.6. The highest BCUT2D eigenvalue weighted by Gasteiger charge is 2.25. The number of ether oxygens (including phenoxy) is 2. The normalized spacial score (nSPS) is 20.2. The fourth-order valence-corrected chi connectivity index (χ4v) is 2.35. The molecule has 5 heteroatoms. The average Bonchev–Trinajstić information content (AvgIpc) is 3.23. The van der Waals surface area contributed by atoms with E-state index >= 15 is 0 Å². The molecule has 0 heterocycles. The van der Waals surface area contributed by atoms with Crippen LogP contribution in [0.25, 0.3) is 0 Å². The van der Waals surface area contributed by atoms with Gasteiger partial charge in [-0.25, -0.2) is 4.79 Å². The molecular formula is C14H26N2O3. The molecule has 0 aromatic rings. The number of nitrogens with one attached hydrogen (secondary N) is 2. The van der Waals surface area contributed by atoms with Crippen LogP contribution in [0.15, 0.2) is 0 Å². The SMILES string of the molecule is O=C(NCCOCCNC1CCCCC1)OC1CC1. The van der Waals surface area contributed by atoms with Crippen LogP contribution in [-0.2, 0) is 9.47 Å². The maximum Gasteiger partial charge on any atom is 0.407 e. The molecule has 2 fully saturated rings. The largest absolute Gasteiger partial charge is 0.446 e. The minimum atomic E-state index is -0.313. The summed E-state index contributed by atoms with van der Waals surface area (Å²) in [6, 6.07) is 0.684. The van der Waals surface area contributed by atoms with Gasteiger partial charge in [-0.15, -0.1) is 0 Å². The van der Waals surface area contributed by atoms with Gasteiger partial charge in [-0.2, -0.15) is 0 Å². The van der Waals surface area contributed by atoms with Gasteiger partial charge in [-0.05, 0) is 25.7 Å². The van der Waals surface area contributed by atoms with Crippen molar-refractivity contribution in [3.63, 3.8) is 0 Å². The average molecular weight is 270 g/mol. The molecule has 2 aliphatic carbocycles. The van der Waals surface area contributed by atoms with Crippen LogP contribution < -0.4 is 10.6 Å². The van der Waals surface area contributed by atoms with Gasteiger partial charge in [-0.3, -0.25) is 0 Å². The van der Waals surface area contributed by atoms with Crippen molar-refractivity contribution in [1.29, 1.82) is 0 Å². The molecule has 2 rings (SSSR count). The molecule has 110 valence electrons. The third-order valence-electron chi connectivity index (χ3n) is 3.60. The fourth-order valence-electron chi connectivity index (χ4n) is 2.35. The molecule has 0 aromatic carbocycles. The standard InChI is InChI=1S/C14H26N2O3/c17-14(19-13-6-7-13)16-9-11-18-10-8-15-12-4-2-1-3-5-12/h12-13,15H,1-11H2,(H,16,17). The highest BCUT2D eigenvalue weighted by Crippen LogP contribution is 2.23.